The molecule has 0 aliphatic carbocycles. The molecule has 24 heavy (non-hydrogen) atoms. The van der Waals surface area contributed by atoms with Crippen LogP contribution in [0.15, 0.2) is 30.4 Å². The first-order chi connectivity index (χ1) is 11.5. The predicted octanol–water partition coefficient (Wildman–Crippen LogP) is 1.93. The van der Waals surface area contributed by atoms with Crippen LogP contribution in [0.3, 0.4) is 0 Å². The van der Waals surface area contributed by atoms with Crippen molar-refractivity contribution in [1.82, 2.24) is 4.90 Å². The summed E-state index contributed by atoms with van der Waals surface area (Å²) in [5.41, 5.74) is -0.574. The van der Waals surface area contributed by atoms with E-state index in [1.807, 2.05) is 6.08 Å². The van der Waals surface area contributed by atoms with E-state index in [2.05, 4.69) is 0 Å². The van der Waals surface area contributed by atoms with E-state index in [-0.39, 0.29) is 29.6 Å². The fraction of sp³-hybridized carbons (Fsp3) is 0.412. The van der Waals surface area contributed by atoms with E-state index in [9.17, 15) is 14.0 Å². The van der Waals surface area contributed by atoms with Crippen molar-refractivity contribution in [3.8, 4) is 0 Å². The van der Waals surface area contributed by atoms with Crippen molar-refractivity contribution in [2.45, 2.75) is 18.2 Å². The van der Waals surface area contributed by atoms with Crippen molar-refractivity contribution in [2.75, 3.05) is 13.7 Å². The number of esters is 1. The van der Waals surface area contributed by atoms with Crippen LogP contribution in [0.25, 0.3) is 0 Å². The van der Waals surface area contributed by atoms with Crippen LogP contribution in [0.5, 0.6) is 0 Å². The van der Waals surface area contributed by atoms with Crippen LogP contribution >= 0.6 is 11.6 Å². The molecule has 3 aliphatic rings. The van der Waals surface area contributed by atoms with Gasteiger partial charge in [-0.15, -0.1) is 0 Å². The predicted molar refractivity (Wildman–Crippen MR) is 82.6 cm³/mol. The van der Waals surface area contributed by atoms with Crippen LogP contribution in [0, 0.1) is 17.7 Å². The van der Waals surface area contributed by atoms with Crippen LogP contribution in [-0.2, 0) is 25.6 Å². The van der Waals surface area contributed by atoms with Crippen LogP contribution in [0.4, 0.5) is 4.39 Å². The Morgan fingerprint density at radius 1 is 1.54 bits per heavy atom. The second-order valence-electron chi connectivity index (χ2n) is 6.32. The van der Waals surface area contributed by atoms with Gasteiger partial charge < -0.3 is 14.4 Å². The smallest absolute Gasteiger partial charge is 0.312 e. The summed E-state index contributed by atoms with van der Waals surface area (Å²) in [6, 6.07) is 4.40. The highest BCUT2D eigenvalue weighted by Crippen LogP contribution is 2.52. The first-order valence-corrected chi connectivity index (χ1v) is 8.01. The third-order valence-corrected chi connectivity index (χ3v) is 5.42. The van der Waals surface area contributed by atoms with Crippen molar-refractivity contribution in [2.24, 2.45) is 11.8 Å². The molecular formula is C17H15ClFNO4. The van der Waals surface area contributed by atoms with E-state index < -0.39 is 35.3 Å². The molecule has 4 unspecified atom stereocenters. The zero-order valence-electron chi connectivity index (χ0n) is 12.9. The number of likely N-dealkylation sites (tertiary alicyclic amines) is 1. The number of nitrogens with zero attached hydrogens (tertiary/aromatic N) is 1. The molecule has 7 heteroatoms. The normalized spacial score (nSPS) is 33.2. The van der Waals surface area contributed by atoms with Crippen LogP contribution in [-0.4, -0.2) is 42.1 Å². The Morgan fingerprint density at radius 3 is 3.04 bits per heavy atom. The summed E-state index contributed by atoms with van der Waals surface area (Å²) in [5.74, 6) is -2.46. The molecule has 0 saturated carbocycles. The number of carbonyl (C=O) groups is 2. The summed E-state index contributed by atoms with van der Waals surface area (Å²) in [6.45, 7) is 0.306. The van der Waals surface area contributed by atoms with E-state index in [0.29, 0.717) is 0 Å². The van der Waals surface area contributed by atoms with E-state index >= 15 is 0 Å². The van der Waals surface area contributed by atoms with E-state index in [1.165, 1.54) is 24.1 Å². The minimum Gasteiger partial charge on any atom is -0.469 e. The first kappa shape index (κ1) is 15.6. The minimum atomic E-state index is -0.835. The first-order valence-electron chi connectivity index (χ1n) is 7.63. The molecule has 1 spiro atoms. The largest absolute Gasteiger partial charge is 0.469 e. The molecule has 0 aromatic heterocycles. The summed E-state index contributed by atoms with van der Waals surface area (Å²) in [5, 5.41) is 0.266. The average molecular weight is 352 g/mol. The van der Waals surface area contributed by atoms with Gasteiger partial charge in [0.1, 0.15) is 17.3 Å². The molecule has 0 radical (unpaired) electrons. The number of hydrogen-bond acceptors (Lipinski definition) is 4. The van der Waals surface area contributed by atoms with Crippen molar-refractivity contribution in [3.63, 3.8) is 0 Å². The number of halogens is 2. The van der Waals surface area contributed by atoms with Crippen molar-refractivity contribution >= 4 is 23.5 Å². The highest BCUT2D eigenvalue weighted by molar-refractivity contribution is 6.31. The monoisotopic (exact) mass is 351 g/mol. The summed E-state index contributed by atoms with van der Waals surface area (Å²) >= 11 is 6.06. The van der Waals surface area contributed by atoms with Gasteiger partial charge in [0.25, 0.3) is 0 Å². The Bertz CT molecular complexity index is 747. The van der Waals surface area contributed by atoms with E-state index in [4.69, 9.17) is 21.1 Å². The third-order valence-electron chi connectivity index (χ3n) is 5.06. The molecule has 1 amide bonds. The maximum absolute atomic E-state index is 14.0. The second kappa shape index (κ2) is 5.29. The summed E-state index contributed by atoms with van der Waals surface area (Å²) in [4.78, 5) is 26.4. The van der Waals surface area contributed by atoms with Gasteiger partial charge in [0.05, 0.1) is 32.2 Å². The lowest BCUT2D eigenvalue weighted by molar-refractivity contribution is -0.151. The number of benzene rings is 1. The van der Waals surface area contributed by atoms with Gasteiger partial charge in [0.2, 0.25) is 5.91 Å². The number of amides is 1. The van der Waals surface area contributed by atoms with Crippen molar-refractivity contribution in [1.29, 1.82) is 0 Å². The SMILES string of the molecule is COC(=O)C1C2C=CC3(CN(Cc4c(F)cccc4Cl)C(=O)C13)O2. The maximum atomic E-state index is 14.0. The van der Waals surface area contributed by atoms with Gasteiger partial charge in [-0.1, -0.05) is 29.8 Å². The zero-order chi connectivity index (χ0) is 17.1. The van der Waals surface area contributed by atoms with Crippen LogP contribution < -0.4 is 0 Å². The molecular weight excluding hydrogens is 337 g/mol. The Kier molecular flexibility index (Phi) is 3.44. The highest BCUT2D eigenvalue weighted by Gasteiger charge is 2.67. The van der Waals surface area contributed by atoms with Gasteiger partial charge >= 0.3 is 5.97 Å². The van der Waals surface area contributed by atoms with Gasteiger partial charge in [-0.25, -0.2) is 4.39 Å². The molecule has 1 aromatic carbocycles. The molecule has 0 N–H and O–H groups in total. The number of methoxy groups -OCH3 is 1. The van der Waals surface area contributed by atoms with Crippen molar-refractivity contribution < 1.29 is 23.5 Å². The molecule has 3 aliphatic heterocycles. The molecule has 2 bridgehead atoms. The Hall–Kier alpha value is -1.92. The van der Waals surface area contributed by atoms with Gasteiger partial charge in [-0.3, -0.25) is 9.59 Å². The molecule has 3 heterocycles. The molecule has 4 atom stereocenters. The van der Waals surface area contributed by atoms with Crippen LogP contribution in [0.1, 0.15) is 5.56 Å². The third kappa shape index (κ3) is 2.03. The number of fused-ring (bicyclic) bond motifs is 1. The van der Waals surface area contributed by atoms with Crippen molar-refractivity contribution in [3.05, 3.63) is 46.8 Å². The Morgan fingerprint density at radius 2 is 2.33 bits per heavy atom. The lowest BCUT2D eigenvalue weighted by Crippen LogP contribution is -2.39. The molecule has 2 saturated heterocycles. The number of carbonyl (C=O) groups excluding carboxylic acids is 2. The van der Waals surface area contributed by atoms with E-state index in [1.54, 1.807) is 12.1 Å². The maximum Gasteiger partial charge on any atom is 0.312 e. The van der Waals surface area contributed by atoms with Gasteiger partial charge in [-0.05, 0) is 12.1 Å². The van der Waals surface area contributed by atoms with Gasteiger partial charge in [-0.2, -0.15) is 0 Å². The topological polar surface area (TPSA) is 55.8 Å². The fourth-order valence-electron chi connectivity index (χ4n) is 3.99. The number of hydrogen-bond donors (Lipinski definition) is 0. The average Bonchev–Trinajstić information content (AvgIpc) is 3.19. The summed E-state index contributed by atoms with van der Waals surface area (Å²) in [7, 11) is 1.29. The second-order valence-corrected chi connectivity index (χ2v) is 6.72. The zero-order valence-corrected chi connectivity index (χ0v) is 13.6. The lowest BCUT2D eigenvalue weighted by Gasteiger charge is -2.22. The molecule has 5 nitrogen and oxygen atoms in total. The standard InChI is InChI=1S/C17H15ClFNO4/c1-23-16(22)13-12-5-6-17(24-12)8-20(15(21)14(13)17)7-9-10(18)3-2-4-11(9)19/h2-6,12-14H,7-8H2,1H3. The Labute approximate surface area is 143 Å². The quantitative estimate of drug-likeness (QED) is 0.617. The van der Waals surface area contributed by atoms with E-state index in [0.717, 1.165) is 0 Å². The summed E-state index contributed by atoms with van der Waals surface area (Å²) in [6.07, 6.45) is 3.19. The molecule has 4 rings (SSSR count). The molecule has 1 aromatic rings. The number of rotatable bonds is 3. The van der Waals surface area contributed by atoms with Gasteiger partial charge in [0, 0.05) is 10.6 Å². The molecule has 126 valence electrons. The minimum absolute atomic E-state index is 0.0400. The lowest BCUT2D eigenvalue weighted by atomic mass is 9.77. The molecule has 2 fully saturated rings. The van der Waals surface area contributed by atoms with Gasteiger partial charge in [0.15, 0.2) is 0 Å². The van der Waals surface area contributed by atoms with Crippen LogP contribution in [0.2, 0.25) is 5.02 Å². The summed E-state index contributed by atoms with van der Waals surface area (Å²) < 4.78 is 24.8. The fourth-order valence-corrected chi connectivity index (χ4v) is 4.21. The highest BCUT2D eigenvalue weighted by atomic mass is 35.5. The Balaban J connectivity index is 1.65. The number of ether oxygens (including phenoxy) is 2.